The van der Waals surface area contributed by atoms with Gasteiger partial charge in [-0.15, -0.1) is 0 Å². The van der Waals surface area contributed by atoms with Crippen molar-refractivity contribution >= 4 is 11.6 Å². The third-order valence-corrected chi connectivity index (χ3v) is 3.19. The Kier molecular flexibility index (Phi) is 6.25. The first-order valence-corrected chi connectivity index (χ1v) is 6.43. The van der Waals surface area contributed by atoms with Gasteiger partial charge in [-0.2, -0.15) is 0 Å². The van der Waals surface area contributed by atoms with Crippen molar-refractivity contribution in [3.8, 4) is 11.5 Å². The van der Waals surface area contributed by atoms with Crippen molar-refractivity contribution < 1.29 is 9.47 Å². The van der Waals surface area contributed by atoms with E-state index in [2.05, 4.69) is 12.3 Å². The summed E-state index contributed by atoms with van der Waals surface area (Å²) in [6.07, 6.45) is 3.18. The number of nitrogens with two attached hydrogens (primary N) is 1. The summed E-state index contributed by atoms with van der Waals surface area (Å²) in [6, 6.07) is 3.84. The minimum absolute atomic E-state index is 0.0715. The van der Waals surface area contributed by atoms with Gasteiger partial charge in [-0.05, 0) is 24.1 Å². The monoisotopic (exact) mass is 272 g/mol. The van der Waals surface area contributed by atoms with Crippen LogP contribution in [0.5, 0.6) is 11.5 Å². The summed E-state index contributed by atoms with van der Waals surface area (Å²) in [5.74, 6) is 6.76. The summed E-state index contributed by atoms with van der Waals surface area (Å²) in [5, 5.41) is 0.531. The first-order valence-electron chi connectivity index (χ1n) is 6.05. The molecule has 1 unspecified atom stereocenters. The Morgan fingerprint density at radius 3 is 2.56 bits per heavy atom. The maximum atomic E-state index is 6.17. The molecule has 1 rings (SSSR count). The molecule has 1 atom stereocenters. The lowest BCUT2D eigenvalue weighted by atomic mass is 10.0. The van der Waals surface area contributed by atoms with E-state index in [9.17, 15) is 0 Å². The van der Waals surface area contributed by atoms with Crippen molar-refractivity contribution in [1.82, 2.24) is 5.43 Å². The van der Waals surface area contributed by atoms with Crippen LogP contribution in [0.2, 0.25) is 5.02 Å². The van der Waals surface area contributed by atoms with E-state index in [1.807, 2.05) is 12.1 Å². The first kappa shape index (κ1) is 15.1. The molecule has 0 aromatic heterocycles. The molecule has 0 bridgehead atoms. The number of rotatable bonds is 7. The molecule has 0 heterocycles. The van der Waals surface area contributed by atoms with Gasteiger partial charge >= 0.3 is 0 Å². The lowest BCUT2D eigenvalue weighted by Crippen LogP contribution is -2.28. The molecule has 4 nitrogen and oxygen atoms in total. The Labute approximate surface area is 113 Å². The van der Waals surface area contributed by atoms with E-state index in [0.717, 1.165) is 24.8 Å². The minimum Gasteiger partial charge on any atom is -0.493 e. The number of hydrogen-bond donors (Lipinski definition) is 2. The van der Waals surface area contributed by atoms with Crippen molar-refractivity contribution in [2.24, 2.45) is 5.84 Å². The number of methoxy groups -OCH3 is 2. The van der Waals surface area contributed by atoms with Gasteiger partial charge in [-0.1, -0.05) is 31.4 Å². The SMILES string of the molecule is CCCCC(NN)c1cc(Cl)c(OC)c(OC)c1. The number of benzene rings is 1. The number of halogens is 1. The Bertz CT molecular complexity index is 385. The zero-order valence-electron chi connectivity index (χ0n) is 11.1. The second-order valence-corrected chi connectivity index (χ2v) is 4.51. The molecular weight excluding hydrogens is 252 g/mol. The third-order valence-electron chi connectivity index (χ3n) is 2.91. The third kappa shape index (κ3) is 3.51. The Hall–Kier alpha value is -0.970. The van der Waals surface area contributed by atoms with Crippen molar-refractivity contribution in [3.63, 3.8) is 0 Å². The van der Waals surface area contributed by atoms with E-state index in [1.54, 1.807) is 14.2 Å². The number of hydrazine groups is 1. The predicted molar refractivity (Wildman–Crippen MR) is 74.1 cm³/mol. The average Bonchev–Trinajstić information content (AvgIpc) is 2.38. The highest BCUT2D eigenvalue weighted by atomic mass is 35.5. The molecule has 0 aliphatic heterocycles. The van der Waals surface area contributed by atoms with Gasteiger partial charge in [0.15, 0.2) is 11.5 Å². The second-order valence-electron chi connectivity index (χ2n) is 4.10. The van der Waals surface area contributed by atoms with Crippen LogP contribution >= 0.6 is 11.6 Å². The Morgan fingerprint density at radius 1 is 1.33 bits per heavy atom. The summed E-state index contributed by atoms with van der Waals surface area (Å²) >= 11 is 6.17. The van der Waals surface area contributed by atoms with Crippen LogP contribution in [0.1, 0.15) is 37.8 Å². The van der Waals surface area contributed by atoms with Crippen molar-refractivity contribution in [2.75, 3.05) is 14.2 Å². The molecule has 5 heteroatoms. The lowest BCUT2D eigenvalue weighted by molar-refractivity contribution is 0.353. The average molecular weight is 273 g/mol. The molecule has 1 aromatic carbocycles. The van der Waals surface area contributed by atoms with E-state index in [0.29, 0.717) is 16.5 Å². The summed E-state index contributed by atoms with van der Waals surface area (Å²) in [4.78, 5) is 0. The molecule has 0 saturated carbocycles. The van der Waals surface area contributed by atoms with Crippen LogP contribution in [0.15, 0.2) is 12.1 Å². The first-order chi connectivity index (χ1) is 8.67. The van der Waals surface area contributed by atoms with Crippen LogP contribution in [0, 0.1) is 0 Å². The van der Waals surface area contributed by atoms with Crippen LogP contribution in [0.25, 0.3) is 0 Å². The lowest BCUT2D eigenvalue weighted by Gasteiger charge is -2.18. The molecule has 102 valence electrons. The van der Waals surface area contributed by atoms with Crippen LogP contribution < -0.4 is 20.7 Å². The highest BCUT2D eigenvalue weighted by molar-refractivity contribution is 6.32. The topological polar surface area (TPSA) is 56.5 Å². The standard InChI is InChI=1S/C13H21ClN2O2/c1-4-5-6-11(16-15)9-7-10(14)13(18-3)12(8-9)17-2/h7-8,11,16H,4-6,15H2,1-3H3. The van der Waals surface area contributed by atoms with Crippen LogP contribution in [0.3, 0.4) is 0 Å². The largest absolute Gasteiger partial charge is 0.493 e. The minimum atomic E-state index is 0.0715. The van der Waals surface area contributed by atoms with Gasteiger partial charge < -0.3 is 9.47 Å². The molecule has 18 heavy (non-hydrogen) atoms. The zero-order chi connectivity index (χ0) is 13.5. The van der Waals surface area contributed by atoms with Gasteiger partial charge in [-0.3, -0.25) is 11.3 Å². The number of nitrogens with one attached hydrogen (secondary N) is 1. The van der Waals surface area contributed by atoms with Crippen LogP contribution in [0.4, 0.5) is 0 Å². The van der Waals surface area contributed by atoms with Gasteiger partial charge in [-0.25, -0.2) is 0 Å². The highest BCUT2D eigenvalue weighted by Crippen LogP contribution is 2.38. The molecule has 1 aromatic rings. The summed E-state index contributed by atoms with van der Waals surface area (Å²) < 4.78 is 10.5. The Morgan fingerprint density at radius 2 is 2.06 bits per heavy atom. The smallest absolute Gasteiger partial charge is 0.179 e. The van der Waals surface area contributed by atoms with Gasteiger partial charge in [0, 0.05) is 6.04 Å². The molecule has 0 fully saturated rings. The molecule has 0 aliphatic carbocycles. The number of unbranched alkanes of at least 4 members (excludes halogenated alkanes) is 1. The normalized spacial score (nSPS) is 12.3. The fourth-order valence-electron chi connectivity index (χ4n) is 1.89. The molecular formula is C13H21ClN2O2. The molecule has 0 aliphatic rings. The fraction of sp³-hybridized carbons (Fsp3) is 0.538. The zero-order valence-corrected chi connectivity index (χ0v) is 11.9. The van der Waals surface area contributed by atoms with Crippen molar-refractivity contribution in [1.29, 1.82) is 0 Å². The number of ether oxygens (including phenoxy) is 2. The maximum absolute atomic E-state index is 6.17. The van der Waals surface area contributed by atoms with Gasteiger partial charge in [0.1, 0.15) is 0 Å². The summed E-state index contributed by atoms with van der Waals surface area (Å²) in [6.45, 7) is 2.15. The predicted octanol–water partition coefficient (Wildman–Crippen LogP) is 3.05. The fourth-order valence-corrected chi connectivity index (χ4v) is 2.19. The van der Waals surface area contributed by atoms with Gasteiger partial charge in [0.2, 0.25) is 0 Å². The van der Waals surface area contributed by atoms with Crippen LogP contribution in [-0.2, 0) is 0 Å². The van der Waals surface area contributed by atoms with Gasteiger partial charge in [0.05, 0.1) is 19.2 Å². The number of hydrogen-bond acceptors (Lipinski definition) is 4. The van der Waals surface area contributed by atoms with E-state index < -0.39 is 0 Å². The quantitative estimate of drug-likeness (QED) is 0.592. The van der Waals surface area contributed by atoms with Gasteiger partial charge in [0.25, 0.3) is 0 Å². The molecule has 0 spiro atoms. The highest BCUT2D eigenvalue weighted by Gasteiger charge is 2.16. The molecule has 0 radical (unpaired) electrons. The summed E-state index contributed by atoms with van der Waals surface area (Å²) in [7, 11) is 3.16. The van der Waals surface area contributed by atoms with E-state index in [4.69, 9.17) is 26.9 Å². The molecule has 0 amide bonds. The van der Waals surface area contributed by atoms with Crippen molar-refractivity contribution in [2.45, 2.75) is 32.2 Å². The van der Waals surface area contributed by atoms with E-state index in [-0.39, 0.29) is 6.04 Å². The van der Waals surface area contributed by atoms with Crippen LogP contribution in [-0.4, -0.2) is 14.2 Å². The second kappa shape index (κ2) is 7.46. The van der Waals surface area contributed by atoms with E-state index in [1.165, 1.54) is 0 Å². The Balaban J connectivity index is 3.04. The van der Waals surface area contributed by atoms with Crippen molar-refractivity contribution in [3.05, 3.63) is 22.7 Å². The summed E-state index contributed by atoms with van der Waals surface area (Å²) in [5.41, 5.74) is 3.82. The maximum Gasteiger partial charge on any atom is 0.179 e. The molecule has 3 N–H and O–H groups in total. The van der Waals surface area contributed by atoms with E-state index >= 15 is 0 Å². The molecule has 0 saturated heterocycles.